The Morgan fingerprint density at radius 2 is 1.82 bits per heavy atom. The van der Waals surface area contributed by atoms with Crippen molar-refractivity contribution < 1.29 is 9.84 Å². The first-order chi connectivity index (χ1) is 19.0. The highest BCUT2D eigenvalue weighted by Gasteiger charge is 2.37. The summed E-state index contributed by atoms with van der Waals surface area (Å²) in [4.78, 5) is 7.31. The number of fused-ring (bicyclic) bond motifs is 3. The molecule has 3 aliphatic heterocycles. The van der Waals surface area contributed by atoms with E-state index in [0.717, 1.165) is 77.6 Å². The molecule has 3 aromatic rings. The Morgan fingerprint density at radius 1 is 1.03 bits per heavy atom. The van der Waals surface area contributed by atoms with Gasteiger partial charge in [0.15, 0.2) is 0 Å². The van der Waals surface area contributed by atoms with Gasteiger partial charge in [-0.15, -0.1) is 5.12 Å². The topological polar surface area (TPSA) is 67.3 Å². The van der Waals surface area contributed by atoms with Crippen LogP contribution in [0.5, 0.6) is 5.75 Å². The van der Waals surface area contributed by atoms with Gasteiger partial charge in [0, 0.05) is 43.3 Å². The summed E-state index contributed by atoms with van der Waals surface area (Å²) in [5.74, 6) is 0.253. The minimum Gasteiger partial charge on any atom is -0.506 e. The molecule has 0 saturated carbocycles. The maximum absolute atomic E-state index is 10.8. The molecule has 0 amide bonds. The monoisotopic (exact) mass is 530 g/mol. The number of benzene rings is 2. The summed E-state index contributed by atoms with van der Waals surface area (Å²) in [5.41, 5.74) is 6.79. The maximum Gasteiger partial charge on any atom is 0.139 e. The molecule has 0 spiro atoms. The van der Waals surface area contributed by atoms with Gasteiger partial charge in [-0.25, -0.2) is 5.01 Å². The van der Waals surface area contributed by atoms with E-state index in [9.17, 15) is 5.11 Å². The largest absolute Gasteiger partial charge is 0.506 e. The molecule has 2 aromatic carbocycles. The predicted molar refractivity (Wildman–Crippen MR) is 156 cm³/mol. The van der Waals surface area contributed by atoms with Crippen molar-refractivity contribution in [2.45, 2.75) is 52.7 Å². The Kier molecular flexibility index (Phi) is 7.73. The van der Waals surface area contributed by atoms with E-state index in [0.29, 0.717) is 18.3 Å². The van der Waals surface area contributed by atoms with Crippen LogP contribution in [0.4, 0.5) is 5.69 Å². The van der Waals surface area contributed by atoms with Gasteiger partial charge < -0.3 is 15.2 Å². The van der Waals surface area contributed by atoms with Crippen molar-refractivity contribution in [3.05, 3.63) is 64.5 Å². The number of hydrogen-bond acceptors (Lipinski definition) is 8. The minimum absolute atomic E-state index is 0.253. The first-order valence-corrected chi connectivity index (χ1v) is 14.5. The van der Waals surface area contributed by atoms with E-state index in [2.05, 4.69) is 63.5 Å². The molecular formula is C31H42N6O2. The molecule has 1 aromatic heterocycles. The Labute approximate surface area is 232 Å². The van der Waals surface area contributed by atoms with Gasteiger partial charge in [0.1, 0.15) is 11.4 Å². The standard InChI is InChI=1S/C31H42N6O2/c1-22-4-6-27-28(18-22)23(2)19-25-20-37(36(31(25)27)21-29-30(38)7-5-24(3)33-29)35(26-8-10-32-11-9-26)13-12-34-14-16-39-17-15-34/h4-7,18-19,26,32,38H,8-17,20-21H2,1-3H3. The van der Waals surface area contributed by atoms with Crippen LogP contribution in [0.1, 0.15) is 40.9 Å². The molecule has 0 aliphatic carbocycles. The minimum atomic E-state index is 0.253. The molecule has 3 aliphatic rings. The normalized spacial score (nSPS) is 19.3. The number of pyridine rings is 1. The summed E-state index contributed by atoms with van der Waals surface area (Å²) in [6, 6.07) is 13.3. The number of nitrogens with zero attached hydrogens (tertiary/aromatic N) is 5. The smallest absolute Gasteiger partial charge is 0.139 e. The van der Waals surface area contributed by atoms with Gasteiger partial charge >= 0.3 is 0 Å². The first kappa shape index (κ1) is 26.5. The zero-order chi connectivity index (χ0) is 26.9. The number of hydrogen-bond donors (Lipinski definition) is 2. The molecule has 2 N–H and O–H groups in total. The van der Waals surface area contributed by atoms with Gasteiger partial charge in [0.25, 0.3) is 0 Å². The van der Waals surface area contributed by atoms with Gasteiger partial charge in [-0.2, -0.15) is 0 Å². The van der Waals surface area contributed by atoms with Crippen LogP contribution in [-0.4, -0.2) is 83.6 Å². The Hall–Kier alpha value is -2.75. The third kappa shape index (κ3) is 5.49. The first-order valence-electron chi connectivity index (χ1n) is 14.5. The Balaban J connectivity index is 1.42. The fourth-order valence-electron chi connectivity index (χ4n) is 6.46. The molecule has 0 bridgehead atoms. The number of aromatic hydroxyl groups is 1. The molecule has 0 unspecified atom stereocenters. The number of ether oxygens (including phenoxy) is 1. The lowest BCUT2D eigenvalue weighted by atomic mass is 9.98. The summed E-state index contributed by atoms with van der Waals surface area (Å²) in [6.45, 7) is 15.4. The fourth-order valence-corrected chi connectivity index (χ4v) is 6.46. The highest BCUT2D eigenvalue weighted by atomic mass is 16.5. The quantitative estimate of drug-likeness (QED) is 0.477. The number of rotatable bonds is 7. The molecule has 8 nitrogen and oxygen atoms in total. The second kappa shape index (κ2) is 11.4. The van der Waals surface area contributed by atoms with Crippen LogP contribution >= 0.6 is 0 Å². The van der Waals surface area contributed by atoms with Crippen LogP contribution in [0.15, 0.2) is 36.4 Å². The number of anilines is 1. The lowest BCUT2D eigenvalue weighted by Gasteiger charge is -2.45. The van der Waals surface area contributed by atoms with Gasteiger partial charge in [-0.05, 0) is 75.3 Å². The molecule has 4 heterocycles. The Morgan fingerprint density at radius 3 is 2.62 bits per heavy atom. The van der Waals surface area contributed by atoms with Crippen molar-refractivity contribution in [2.24, 2.45) is 0 Å². The number of aryl methyl sites for hydroxylation is 3. The second-order valence-corrected chi connectivity index (χ2v) is 11.4. The third-order valence-corrected chi connectivity index (χ3v) is 8.56. The summed E-state index contributed by atoms with van der Waals surface area (Å²) in [7, 11) is 0. The maximum atomic E-state index is 10.8. The van der Waals surface area contributed by atoms with Crippen LogP contribution < -0.4 is 10.3 Å². The highest BCUT2D eigenvalue weighted by molar-refractivity contribution is 5.99. The van der Waals surface area contributed by atoms with Crippen molar-refractivity contribution in [1.29, 1.82) is 0 Å². The third-order valence-electron chi connectivity index (χ3n) is 8.56. The van der Waals surface area contributed by atoms with Crippen LogP contribution in [0.3, 0.4) is 0 Å². The van der Waals surface area contributed by atoms with Gasteiger partial charge in [-0.3, -0.25) is 14.9 Å². The molecule has 208 valence electrons. The van der Waals surface area contributed by atoms with E-state index >= 15 is 0 Å². The second-order valence-electron chi connectivity index (χ2n) is 11.4. The zero-order valence-corrected chi connectivity index (χ0v) is 23.6. The lowest BCUT2D eigenvalue weighted by molar-refractivity contribution is -0.0868. The summed E-state index contributed by atoms with van der Waals surface area (Å²) < 4.78 is 5.62. The summed E-state index contributed by atoms with van der Waals surface area (Å²) in [5, 5.41) is 24.5. The van der Waals surface area contributed by atoms with Crippen LogP contribution in [-0.2, 0) is 17.8 Å². The number of hydrazine groups is 2. The van der Waals surface area contributed by atoms with E-state index in [4.69, 9.17) is 9.72 Å². The summed E-state index contributed by atoms with van der Waals surface area (Å²) >= 11 is 0. The van der Waals surface area contributed by atoms with Crippen LogP contribution in [0.2, 0.25) is 0 Å². The average molecular weight is 531 g/mol. The lowest BCUT2D eigenvalue weighted by Crippen LogP contribution is -2.58. The summed E-state index contributed by atoms with van der Waals surface area (Å²) in [6.07, 6.45) is 2.24. The van der Waals surface area contributed by atoms with Gasteiger partial charge in [0.2, 0.25) is 0 Å². The molecule has 39 heavy (non-hydrogen) atoms. The van der Waals surface area contributed by atoms with Gasteiger partial charge in [0.05, 0.1) is 32.0 Å². The molecule has 6 rings (SSSR count). The van der Waals surface area contributed by atoms with Crippen molar-refractivity contribution in [2.75, 3.05) is 57.5 Å². The van der Waals surface area contributed by atoms with E-state index in [1.54, 1.807) is 6.07 Å². The Bertz CT molecular complexity index is 1320. The number of nitrogens with one attached hydrogen (secondary N) is 1. The molecular weight excluding hydrogens is 488 g/mol. The number of morpholine rings is 1. The zero-order valence-electron chi connectivity index (χ0n) is 23.6. The van der Waals surface area contributed by atoms with E-state index in [-0.39, 0.29) is 5.75 Å². The van der Waals surface area contributed by atoms with Gasteiger partial charge in [-0.1, -0.05) is 29.8 Å². The number of aromatic nitrogens is 1. The van der Waals surface area contributed by atoms with Crippen molar-refractivity contribution in [3.8, 4) is 5.75 Å². The highest BCUT2D eigenvalue weighted by Crippen LogP contribution is 2.42. The molecule has 0 atom stereocenters. The van der Waals surface area contributed by atoms with Crippen LogP contribution in [0, 0.1) is 20.8 Å². The molecule has 8 heteroatoms. The molecule has 2 fully saturated rings. The predicted octanol–water partition coefficient (Wildman–Crippen LogP) is 3.90. The van der Waals surface area contributed by atoms with E-state index in [1.807, 2.05) is 13.0 Å². The van der Waals surface area contributed by atoms with Crippen molar-refractivity contribution >= 4 is 16.5 Å². The van der Waals surface area contributed by atoms with Crippen molar-refractivity contribution in [1.82, 2.24) is 25.3 Å². The van der Waals surface area contributed by atoms with Crippen molar-refractivity contribution in [3.63, 3.8) is 0 Å². The molecule has 2 saturated heterocycles. The fraction of sp³-hybridized carbons (Fsp3) is 0.516. The molecule has 0 radical (unpaired) electrons. The van der Waals surface area contributed by atoms with Crippen LogP contribution in [0.25, 0.3) is 10.8 Å². The van der Waals surface area contributed by atoms with E-state index < -0.39 is 0 Å². The number of piperidine rings is 1. The average Bonchev–Trinajstić information content (AvgIpc) is 3.29. The van der Waals surface area contributed by atoms with E-state index in [1.165, 1.54) is 33.2 Å². The SMILES string of the molecule is Cc1ccc2c3c(cc(C)c2c1)CN(N(CCN1CCOCC1)C1CCNCC1)N3Cc1nc(C)ccc1O.